The second-order valence-electron chi connectivity index (χ2n) is 6.30. The van der Waals surface area contributed by atoms with Crippen molar-refractivity contribution < 1.29 is 8.84 Å². The van der Waals surface area contributed by atoms with Crippen molar-refractivity contribution >= 4 is 8.32 Å². The van der Waals surface area contributed by atoms with Crippen LogP contribution in [0.2, 0.25) is 18.1 Å². The molecule has 0 unspecified atom stereocenters. The van der Waals surface area contributed by atoms with Crippen LogP contribution in [0.25, 0.3) is 0 Å². The monoisotopic (exact) mass is 311 g/mol. The van der Waals surface area contributed by atoms with Gasteiger partial charge in [0.2, 0.25) is 0 Å². The molecule has 122 valence electrons. The molecule has 0 amide bonds. The third-order valence-corrected chi connectivity index (χ3v) is 9.01. The lowest BCUT2D eigenvalue weighted by Gasteiger charge is -2.30. The van der Waals surface area contributed by atoms with Gasteiger partial charge in [-0.15, -0.1) is 0 Å². The van der Waals surface area contributed by atoms with Crippen molar-refractivity contribution in [2.75, 3.05) is 19.7 Å². The van der Waals surface area contributed by atoms with Crippen molar-refractivity contribution in [3.63, 3.8) is 0 Å². The highest BCUT2D eigenvalue weighted by Crippen LogP contribution is 2.21. The molecular weight excluding hydrogens is 278 g/mol. The number of furan rings is 1. The Morgan fingerprint density at radius 1 is 1.19 bits per heavy atom. The predicted molar refractivity (Wildman–Crippen MR) is 92.0 cm³/mol. The summed E-state index contributed by atoms with van der Waals surface area (Å²) in [5.74, 6) is 1.70. The third-order valence-electron chi connectivity index (χ3n) is 4.33. The zero-order valence-electron chi connectivity index (χ0n) is 14.5. The van der Waals surface area contributed by atoms with E-state index in [1.807, 2.05) is 6.07 Å². The van der Waals surface area contributed by atoms with Crippen molar-refractivity contribution in [3.05, 3.63) is 24.2 Å². The second kappa shape index (κ2) is 9.44. The van der Waals surface area contributed by atoms with E-state index in [0.29, 0.717) is 5.92 Å². The Bertz CT molecular complexity index is 353. The highest BCUT2D eigenvalue weighted by molar-refractivity contribution is 6.73. The first kappa shape index (κ1) is 18.5. The van der Waals surface area contributed by atoms with Gasteiger partial charge in [-0.3, -0.25) is 4.90 Å². The smallest absolute Gasteiger partial charge is 0.192 e. The average molecular weight is 312 g/mol. The van der Waals surface area contributed by atoms with E-state index in [1.165, 1.54) is 18.1 Å². The largest absolute Gasteiger partial charge is 0.468 e. The molecule has 0 radical (unpaired) electrons. The standard InChI is InChI=1S/C17H33NO2Si/c1-6-21(7-2,8-3)20-13-11-18(14-16(4)5)15-17-10-9-12-19-17/h9-10,12,16H,6-8,11,13-15H2,1-5H3. The van der Waals surface area contributed by atoms with Crippen molar-refractivity contribution in [2.24, 2.45) is 5.92 Å². The van der Waals surface area contributed by atoms with Gasteiger partial charge in [0.15, 0.2) is 8.32 Å². The minimum Gasteiger partial charge on any atom is -0.468 e. The van der Waals surface area contributed by atoms with Crippen molar-refractivity contribution in [3.8, 4) is 0 Å². The van der Waals surface area contributed by atoms with E-state index in [-0.39, 0.29) is 0 Å². The Morgan fingerprint density at radius 2 is 1.86 bits per heavy atom. The van der Waals surface area contributed by atoms with E-state index in [1.54, 1.807) is 6.26 Å². The van der Waals surface area contributed by atoms with Crippen LogP contribution in [0.4, 0.5) is 0 Å². The van der Waals surface area contributed by atoms with Crippen LogP contribution in [0.15, 0.2) is 22.8 Å². The predicted octanol–water partition coefficient (Wildman–Crippen LogP) is 4.76. The normalized spacial score (nSPS) is 12.5. The summed E-state index contributed by atoms with van der Waals surface area (Å²) in [6.45, 7) is 15.2. The lowest BCUT2D eigenvalue weighted by atomic mass is 10.2. The summed E-state index contributed by atoms with van der Waals surface area (Å²) >= 11 is 0. The van der Waals surface area contributed by atoms with Gasteiger partial charge >= 0.3 is 0 Å². The molecule has 3 nitrogen and oxygen atoms in total. The molecule has 0 aliphatic heterocycles. The molecule has 4 heteroatoms. The van der Waals surface area contributed by atoms with Gasteiger partial charge in [0.1, 0.15) is 5.76 Å². The van der Waals surface area contributed by atoms with Gasteiger partial charge in [0, 0.05) is 19.7 Å². The lowest BCUT2D eigenvalue weighted by molar-refractivity contribution is 0.171. The Hall–Kier alpha value is -0.583. The summed E-state index contributed by atoms with van der Waals surface area (Å²) in [5.41, 5.74) is 0. The molecule has 0 aromatic carbocycles. The van der Waals surface area contributed by atoms with Gasteiger partial charge < -0.3 is 8.84 Å². The lowest BCUT2D eigenvalue weighted by Crippen LogP contribution is -2.39. The van der Waals surface area contributed by atoms with Crippen molar-refractivity contribution in [1.82, 2.24) is 4.90 Å². The molecule has 0 atom stereocenters. The molecule has 21 heavy (non-hydrogen) atoms. The zero-order chi connectivity index (χ0) is 15.7. The van der Waals surface area contributed by atoms with Gasteiger partial charge in [-0.25, -0.2) is 0 Å². The molecule has 1 aromatic heterocycles. The van der Waals surface area contributed by atoms with Gasteiger partial charge in [0.25, 0.3) is 0 Å². The van der Waals surface area contributed by atoms with Crippen LogP contribution in [0.3, 0.4) is 0 Å². The van der Waals surface area contributed by atoms with Crippen LogP contribution >= 0.6 is 0 Å². The van der Waals surface area contributed by atoms with Gasteiger partial charge in [-0.1, -0.05) is 34.6 Å². The van der Waals surface area contributed by atoms with Crippen LogP contribution in [-0.2, 0) is 11.0 Å². The molecular formula is C17H33NO2Si. The maximum atomic E-state index is 6.38. The fourth-order valence-corrected chi connectivity index (χ4v) is 5.46. The molecule has 1 heterocycles. The van der Waals surface area contributed by atoms with Crippen molar-refractivity contribution in [1.29, 1.82) is 0 Å². The minimum absolute atomic E-state index is 0.658. The van der Waals surface area contributed by atoms with Crippen LogP contribution in [-0.4, -0.2) is 32.9 Å². The number of rotatable bonds is 11. The molecule has 0 saturated heterocycles. The van der Waals surface area contributed by atoms with Crippen LogP contribution < -0.4 is 0 Å². The Kier molecular flexibility index (Phi) is 8.30. The molecule has 1 aromatic rings. The van der Waals surface area contributed by atoms with E-state index in [9.17, 15) is 0 Å². The SMILES string of the molecule is CC[Si](CC)(CC)OCCN(Cc1ccco1)CC(C)C. The molecule has 0 bridgehead atoms. The maximum absolute atomic E-state index is 6.38. The summed E-state index contributed by atoms with van der Waals surface area (Å²) in [6, 6.07) is 7.69. The molecule has 0 aliphatic carbocycles. The fourth-order valence-electron chi connectivity index (χ4n) is 2.82. The first-order valence-electron chi connectivity index (χ1n) is 8.44. The highest BCUT2D eigenvalue weighted by Gasteiger charge is 2.28. The average Bonchev–Trinajstić information content (AvgIpc) is 2.96. The maximum Gasteiger partial charge on any atom is 0.192 e. The summed E-state index contributed by atoms with van der Waals surface area (Å²) in [5, 5.41) is 0. The molecule has 0 N–H and O–H groups in total. The van der Waals surface area contributed by atoms with Crippen LogP contribution in [0.5, 0.6) is 0 Å². The summed E-state index contributed by atoms with van der Waals surface area (Å²) < 4.78 is 11.9. The van der Waals surface area contributed by atoms with E-state index in [0.717, 1.165) is 32.0 Å². The second-order valence-corrected chi connectivity index (χ2v) is 11.1. The Balaban J connectivity index is 2.49. The first-order valence-corrected chi connectivity index (χ1v) is 11.0. The molecule has 1 rings (SSSR count). The summed E-state index contributed by atoms with van der Waals surface area (Å²) in [4.78, 5) is 2.45. The minimum atomic E-state index is -1.45. The first-order chi connectivity index (χ1) is 10.0. The third kappa shape index (κ3) is 6.37. The topological polar surface area (TPSA) is 25.6 Å². The number of nitrogens with zero attached hydrogens (tertiary/aromatic N) is 1. The molecule has 0 spiro atoms. The van der Waals surface area contributed by atoms with E-state index in [4.69, 9.17) is 8.84 Å². The van der Waals surface area contributed by atoms with Crippen molar-refractivity contribution in [2.45, 2.75) is 59.3 Å². The fraction of sp³-hybridized carbons (Fsp3) is 0.765. The van der Waals surface area contributed by atoms with Gasteiger partial charge in [-0.2, -0.15) is 0 Å². The Morgan fingerprint density at radius 3 is 2.33 bits per heavy atom. The number of hydrogen-bond donors (Lipinski definition) is 0. The van der Waals surface area contributed by atoms with E-state index in [2.05, 4.69) is 45.6 Å². The van der Waals surface area contributed by atoms with Crippen LogP contribution in [0.1, 0.15) is 40.4 Å². The van der Waals surface area contributed by atoms with Gasteiger partial charge in [0.05, 0.1) is 12.8 Å². The molecule has 0 aliphatic rings. The zero-order valence-corrected chi connectivity index (χ0v) is 15.5. The molecule has 0 saturated carbocycles. The Labute approximate surface area is 131 Å². The molecule has 0 fully saturated rings. The van der Waals surface area contributed by atoms with Crippen LogP contribution in [0, 0.1) is 5.92 Å². The number of hydrogen-bond acceptors (Lipinski definition) is 3. The van der Waals surface area contributed by atoms with E-state index >= 15 is 0 Å². The summed E-state index contributed by atoms with van der Waals surface area (Å²) in [7, 11) is -1.45. The quantitative estimate of drug-likeness (QED) is 0.551. The van der Waals surface area contributed by atoms with Gasteiger partial charge in [-0.05, 0) is 36.2 Å². The summed E-state index contributed by atoms with van der Waals surface area (Å²) in [6.07, 6.45) is 1.75. The van der Waals surface area contributed by atoms with E-state index < -0.39 is 8.32 Å². The highest BCUT2D eigenvalue weighted by atomic mass is 28.4.